The van der Waals surface area contributed by atoms with E-state index in [2.05, 4.69) is 37.5 Å². The van der Waals surface area contributed by atoms with Crippen LogP contribution in [-0.4, -0.2) is 25.7 Å². The molecule has 0 aliphatic carbocycles. The molecule has 0 aliphatic heterocycles. The number of thiophene rings is 1. The fourth-order valence-corrected chi connectivity index (χ4v) is 2.10. The first kappa shape index (κ1) is 13.5. The average molecular weight is 242 g/mol. The van der Waals surface area contributed by atoms with Gasteiger partial charge in [-0.2, -0.15) is 0 Å². The Morgan fingerprint density at radius 3 is 2.62 bits per heavy atom. The van der Waals surface area contributed by atoms with Gasteiger partial charge in [0.15, 0.2) is 0 Å². The highest BCUT2D eigenvalue weighted by atomic mass is 32.1. The molecule has 1 rings (SSSR count). The molecule has 2 N–H and O–H groups in total. The van der Waals surface area contributed by atoms with E-state index in [0.717, 1.165) is 25.4 Å². The zero-order valence-corrected chi connectivity index (χ0v) is 11.4. The number of nitrogens with one attached hydrogen (secondary N) is 2. The number of methoxy groups -OCH3 is 1. The molecule has 3 nitrogen and oxygen atoms in total. The molecule has 0 aromatic carbocycles. The molecule has 0 fully saturated rings. The van der Waals surface area contributed by atoms with Crippen LogP contribution in [0.3, 0.4) is 0 Å². The number of hydrogen-bond acceptors (Lipinski definition) is 4. The third-order valence-corrected chi connectivity index (χ3v) is 3.04. The maximum atomic E-state index is 5.14. The summed E-state index contributed by atoms with van der Waals surface area (Å²) < 4.78 is 5.14. The van der Waals surface area contributed by atoms with Crippen molar-refractivity contribution >= 4 is 11.3 Å². The van der Waals surface area contributed by atoms with Gasteiger partial charge in [0.25, 0.3) is 0 Å². The average Bonchev–Trinajstić information content (AvgIpc) is 2.63. The van der Waals surface area contributed by atoms with E-state index in [0.29, 0.717) is 0 Å². The van der Waals surface area contributed by atoms with Crippen molar-refractivity contribution < 1.29 is 4.74 Å². The van der Waals surface area contributed by atoms with E-state index in [1.54, 1.807) is 18.4 Å². The van der Waals surface area contributed by atoms with Crippen LogP contribution < -0.4 is 15.4 Å². The molecule has 0 aliphatic rings. The Morgan fingerprint density at radius 1 is 1.31 bits per heavy atom. The van der Waals surface area contributed by atoms with Crippen LogP contribution in [0.1, 0.15) is 25.6 Å². The van der Waals surface area contributed by atoms with Gasteiger partial charge in [-0.15, -0.1) is 11.3 Å². The summed E-state index contributed by atoms with van der Waals surface area (Å²) >= 11 is 1.73. The molecule has 0 amide bonds. The Kier molecular flexibility index (Phi) is 5.25. The predicted molar refractivity (Wildman–Crippen MR) is 70.3 cm³/mol. The van der Waals surface area contributed by atoms with Crippen LogP contribution in [0.25, 0.3) is 0 Å². The molecule has 0 saturated carbocycles. The lowest BCUT2D eigenvalue weighted by molar-refractivity contribution is 0.415. The molecule has 0 bridgehead atoms. The summed E-state index contributed by atoms with van der Waals surface area (Å²) in [5.74, 6) is 0.953. The van der Waals surface area contributed by atoms with E-state index in [1.807, 2.05) is 5.38 Å². The van der Waals surface area contributed by atoms with Gasteiger partial charge in [0.1, 0.15) is 5.75 Å². The van der Waals surface area contributed by atoms with Gasteiger partial charge in [0.2, 0.25) is 0 Å². The van der Waals surface area contributed by atoms with Crippen LogP contribution in [0.2, 0.25) is 0 Å². The SMILES string of the molecule is COc1csc(CNCCNC(C)(C)C)c1. The predicted octanol–water partition coefficient (Wildman–Crippen LogP) is 2.23. The largest absolute Gasteiger partial charge is 0.496 e. The highest BCUT2D eigenvalue weighted by molar-refractivity contribution is 7.10. The molecule has 1 heterocycles. The van der Waals surface area contributed by atoms with Gasteiger partial charge in [0.05, 0.1) is 7.11 Å². The molecule has 92 valence electrons. The summed E-state index contributed by atoms with van der Waals surface area (Å²) in [4.78, 5) is 1.31. The zero-order valence-electron chi connectivity index (χ0n) is 10.6. The molecular weight excluding hydrogens is 220 g/mol. The third-order valence-electron chi connectivity index (χ3n) is 2.12. The van der Waals surface area contributed by atoms with Crippen molar-refractivity contribution in [1.29, 1.82) is 0 Å². The Labute approximate surface area is 102 Å². The van der Waals surface area contributed by atoms with Gasteiger partial charge in [-0.05, 0) is 26.8 Å². The van der Waals surface area contributed by atoms with Gasteiger partial charge < -0.3 is 15.4 Å². The minimum atomic E-state index is 0.202. The molecule has 16 heavy (non-hydrogen) atoms. The third kappa shape index (κ3) is 5.49. The standard InChI is InChI=1S/C12H22N2OS/c1-12(2,3)14-6-5-13-8-11-7-10(15-4)9-16-11/h7,9,13-14H,5-6,8H2,1-4H3. The van der Waals surface area contributed by atoms with Crippen molar-refractivity contribution in [3.05, 3.63) is 16.3 Å². The minimum Gasteiger partial charge on any atom is -0.496 e. The Bertz CT molecular complexity index is 304. The first-order valence-corrected chi connectivity index (χ1v) is 6.46. The van der Waals surface area contributed by atoms with E-state index in [1.165, 1.54) is 4.88 Å². The first-order chi connectivity index (χ1) is 7.51. The molecule has 0 saturated heterocycles. The molecular formula is C12H22N2OS. The lowest BCUT2D eigenvalue weighted by Crippen LogP contribution is -2.40. The summed E-state index contributed by atoms with van der Waals surface area (Å²) in [7, 11) is 1.70. The fourth-order valence-electron chi connectivity index (χ4n) is 1.30. The summed E-state index contributed by atoms with van der Waals surface area (Å²) in [6, 6.07) is 2.08. The molecule has 4 heteroatoms. The van der Waals surface area contributed by atoms with E-state index in [4.69, 9.17) is 4.74 Å². The summed E-state index contributed by atoms with van der Waals surface area (Å²) in [5.41, 5.74) is 0.202. The molecule has 0 spiro atoms. The van der Waals surface area contributed by atoms with E-state index in [9.17, 15) is 0 Å². The molecule has 0 radical (unpaired) electrons. The van der Waals surface area contributed by atoms with Gasteiger partial charge in [0, 0.05) is 35.4 Å². The summed E-state index contributed by atoms with van der Waals surface area (Å²) in [6.07, 6.45) is 0. The second-order valence-electron chi connectivity index (χ2n) is 4.81. The summed E-state index contributed by atoms with van der Waals surface area (Å²) in [5, 5.41) is 8.88. The van der Waals surface area contributed by atoms with Crippen molar-refractivity contribution in [2.45, 2.75) is 32.9 Å². The van der Waals surface area contributed by atoms with Crippen molar-refractivity contribution in [3.8, 4) is 5.75 Å². The summed E-state index contributed by atoms with van der Waals surface area (Å²) in [6.45, 7) is 9.43. The van der Waals surface area contributed by atoms with Gasteiger partial charge in [-0.3, -0.25) is 0 Å². The van der Waals surface area contributed by atoms with Crippen LogP contribution in [0.4, 0.5) is 0 Å². The quantitative estimate of drug-likeness (QED) is 0.751. The maximum Gasteiger partial charge on any atom is 0.129 e. The van der Waals surface area contributed by atoms with Crippen molar-refractivity contribution in [2.75, 3.05) is 20.2 Å². The second-order valence-corrected chi connectivity index (χ2v) is 5.80. The van der Waals surface area contributed by atoms with Crippen LogP contribution in [-0.2, 0) is 6.54 Å². The van der Waals surface area contributed by atoms with E-state index < -0.39 is 0 Å². The lowest BCUT2D eigenvalue weighted by Gasteiger charge is -2.20. The molecule has 1 aromatic rings. The van der Waals surface area contributed by atoms with Crippen molar-refractivity contribution in [2.24, 2.45) is 0 Å². The smallest absolute Gasteiger partial charge is 0.129 e. The molecule has 1 aromatic heterocycles. The Hall–Kier alpha value is -0.580. The van der Waals surface area contributed by atoms with E-state index >= 15 is 0 Å². The fraction of sp³-hybridized carbons (Fsp3) is 0.667. The van der Waals surface area contributed by atoms with Crippen molar-refractivity contribution in [3.63, 3.8) is 0 Å². The van der Waals surface area contributed by atoms with E-state index in [-0.39, 0.29) is 5.54 Å². The minimum absolute atomic E-state index is 0.202. The Morgan fingerprint density at radius 2 is 2.06 bits per heavy atom. The van der Waals surface area contributed by atoms with Gasteiger partial charge in [-0.25, -0.2) is 0 Å². The number of hydrogen-bond donors (Lipinski definition) is 2. The lowest BCUT2D eigenvalue weighted by atomic mass is 10.1. The van der Waals surface area contributed by atoms with Gasteiger partial charge in [-0.1, -0.05) is 0 Å². The van der Waals surface area contributed by atoms with Crippen LogP contribution in [0.15, 0.2) is 11.4 Å². The van der Waals surface area contributed by atoms with Crippen LogP contribution >= 0.6 is 11.3 Å². The molecule has 0 unspecified atom stereocenters. The molecule has 0 atom stereocenters. The zero-order chi connectivity index (χ0) is 12.0. The Balaban J connectivity index is 2.11. The normalized spacial score (nSPS) is 11.8. The first-order valence-electron chi connectivity index (χ1n) is 5.58. The highest BCUT2D eigenvalue weighted by Gasteiger charge is 2.06. The van der Waals surface area contributed by atoms with Gasteiger partial charge >= 0.3 is 0 Å². The topological polar surface area (TPSA) is 33.3 Å². The number of ether oxygens (including phenoxy) is 1. The number of rotatable bonds is 6. The highest BCUT2D eigenvalue weighted by Crippen LogP contribution is 2.20. The van der Waals surface area contributed by atoms with Crippen LogP contribution in [0, 0.1) is 0 Å². The van der Waals surface area contributed by atoms with Crippen molar-refractivity contribution in [1.82, 2.24) is 10.6 Å². The maximum absolute atomic E-state index is 5.14. The second kappa shape index (κ2) is 6.23. The monoisotopic (exact) mass is 242 g/mol. The van der Waals surface area contributed by atoms with Crippen LogP contribution in [0.5, 0.6) is 5.75 Å².